The van der Waals surface area contributed by atoms with E-state index in [9.17, 15) is 18.3 Å². The van der Waals surface area contributed by atoms with Gasteiger partial charge >= 0.3 is 5.97 Å². The Bertz CT molecular complexity index is 975. The third-order valence-electron chi connectivity index (χ3n) is 4.18. The first kappa shape index (κ1) is 23.0. The number of hydrogen-bond acceptors (Lipinski definition) is 4. The van der Waals surface area contributed by atoms with Crippen molar-refractivity contribution in [2.24, 2.45) is 7.05 Å². The van der Waals surface area contributed by atoms with Gasteiger partial charge in [0.05, 0.1) is 21.2 Å². The summed E-state index contributed by atoms with van der Waals surface area (Å²) in [5.41, 5.74) is 1.33. The normalized spacial score (nSPS) is 12.9. The molecule has 11 heteroatoms. The Labute approximate surface area is 177 Å². The van der Waals surface area contributed by atoms with E-state index in [0.717, 1.165) is 5.69 Å². The van der Waals surface area contributed by atoms with Gasteiger partial charge in [0.15, 0.2) is 0 Å². The number of hydrogen-bond donors (Lipinski definition) is 3. The fourth-order valence-electron chi connectivity index (χ4n) is 2.67. The van der Waals surface area contributed by atoms with Crippen molar-refractivity contribution in [3.63, 3.8) is 0 Å². The summed E-state index contributed by atoms with van der Waals surface area (Å²) in [5.74, 6) is -0.983. The summed E-state index contributed by atoms with van der Waals surface area (Å²) >= 11 is 17.7. The van der Waals surface area contributed by atoms with Crippen molar-refractivity contribution in [2.45, 2.75) is 30.3 Å². The fraction of sp³-hybridized carbons (Fsp3) is 0.353. The van der Waals surface area contributed by atoms with Crippen molar-refractivity contribution < 1.29 is 23.4 Å². The van der Waals surface area contributed by atoms with Gasteiger partial charge in [-0.05, 0) is 30.7 Å². The van der Waals surface area contributed by atoms with Crippen LogP contribution in [0.5, 0.6) is 0 Å². The lowest BCUT2D eigenvalue weighted by atomic mass is 10.1. The minimum atomic E-state index is -3.89. The first-order valence-corrected chi connectivity index (χ1v) is 10.8. The van der Waals surface area contributed by atoms with Crippen LogP contribution in [0.3, 0.4) is 0 Å². The Balaban J connectivity index is 2.03. The molecule has 2 rings (SSSR count). The van der Waals surface area contributed by atoms with Gasteiger partial charge in [0, 0.05) is 37.8 Å². The van der Waals surface area contributed by atoms with Gasteiger partial charge in [0.2, 0.25) is 10.0 Å². The molecule has 1 unspecified atom stereocenters. The van der Waals surface area contributed by atoms with Crippen LogP contribution < -0.4 is 4.72 Å². The Kier molecular flexibility index (Phi) is 7.78. The number of aliphatic carboxylic acids is 1. The van der Waals surface area contributed by atoms with E-state index in [2.05, 4.69) is 4.72 Å². The van der Waals surface area contributed by atoms with Gasteiger partial charge in [-0.25, -0.2) is 13.1 Å². The molecule has 0 saturated carbocycles. The third kappa shape index (κ3) is 5.62. The third-order valence-corrected chi connectivity index (χ3v) is 6.82. The van der Waals surface area contributed by atoms with Crippen molar-refractivity contribution in [3.8, 4) is 0 Å². The fourth-order valence-corrected chi connectivity index (χ4v) is 4.70. The summed E-state index contributed by atoms with van der Waals surface area (Å²) in [7, 11) is -2.17. The van der Waals surface area contributed by atoms with E-state index in [1.807, 2.05) is 0 Å². The van der Waals surface area contributed by atoms with Crippen LogP contribution in [-0.4, -0.2) is 35.7 Å². The number of aromatic nitrogens is 1. The van der Waals surface area contributed by atoms with Gasteiger partial charge in [-0.15, -0.1) is 0 Å². The average Bonchev–Trinajstić information content (AvgIpc) is 2.96. The van der Waals surface area contributed by atoms with E-state index >= 15 is 0 Å². The monoisotopic (exact) mass is 468 g/mol. The zero-order valence-corrected chi connectivity index (χ0v) is 17.9. The lowest BCUT2D eigenvalue weighted by molar-refractivity contribution is -0.137. The summed E-state index contributed by atoms with van der Waals surface area (Å²) in [4.78, 5) is 10.5. The smallest absolute Gasteiger partial charge is 0.303 e. The lowest BCUT2D eigenvalue weighted by Crippen LogP contribution is -2.26. The Hall–Kier alpha value is -1.29. The number of nitrogens with zero attached hydrogens (tertiary/aromatic N) is 1. The standard InChI is InChI=1S/C17H19Cl3N2O5S/c1-22-10(2-3-14(22)15(23)4-5-17(24)25)6-7-21-28(26,27)16-9-12(19)11(18)8-13(16)20/h2-3,8-9,15,21,23H,4-7H2,1H3,(H,24,25). The second-order valence-electron chi connectivity index (χ2n) is 6.10. The molecular weight excluding hydrogens is 451 g/mol. The number of carboxylic acid groups (broad SMARTS) is 1. The molecule has 0 saturated heterocycles. The van der Waals surface area contributed by atoms with E-state index in [1.54, 1.807) is 23.7 Å². The molecule has 1 atom stereocenters. The quantitative estimate of drug-likeness (QED) is 0.488. The lowest BCUT2D eigenvalue weighted by Gasteiger charge is -2.13. The van der Waals surface area contributed by atoms with E-state index in [0.29, 0.717) is 12.1 Å². The summed E-state index contributed by atoms with van der Waals surface area (Å²) in [6, 6.07) is 5.89. The molecule has 2 aromatic rings. The predicted molar refractivity (Wildman–Crippen MR) is 108 cm³/mol. The average molecular weight is 470 g/mol. The van der Waals surface area contributed by atoms with E-state index in [4.69, 9.17) is 39.9 Å². The first-order chi connectivity index (χ1) is 13.0. The summed E-state index contributed by atoms with van der Waals surface area (Å²) in [5, 5.41) is 19.0. The van der Waals surface area contributed by atoms with Crippen molar-refractivity contribution in [1.29, 1.82) is 0 Å². The van der Waals surface area contributed by atoms with Crippen LogP contribution in [0.25, 0.3) is 0 Å². The highest BCUT2D eigenvalue weighted by atomic mass is 35.5. The van der Waals surface area contributed by atoms with Crippen LogP contribution >= 0.6 is 34.8 Å². The molecule has 0 aliphatic carbocycles. The molecule has 0 spiro atoms. The van der Waals surface area contributed by atoms with Crippen molar-refractivity contribution in [3.05, 3.63) is 50.7 Å². The van der Waals surface area contributed by atoms with Gasteiger partial charge in [0.1, 0.15) is 4.90 Å². The highest BCUT2D eigenvalue weighted by molar-refractivity contribution is 7.89. The van der Waals surface area contributed by atoms with Gasteiger partial charge < -0.3 is 14.8 Å². The number of halogens is 3. The highest BCUT2D eigenvalue weighted by Crippen LogP contribution is 2.31. The number of carboxylic acids is 1. The molecule has 0 radical (unpaired) electrons. The Morgan fingerprint density at radius 2 is 1.82 bits per heavy atom. The maximum atomic E-state index is 12.5. The highest BCUT2D eigenvalue weighted by Gasteiger charge is 2.20. The van der Waals surface area contributed by atoms with E-state index in [1.165, 1.54) is 12.1 Å². The van der Waals surface area contributed by atoms with Crippen molar-refractivity contribution in [1.82, 2.24) is 9.29 Å². The molecule has 0 aliphatic heterocycles. The van der Waals surface area contributed by atoms with Gasteiger partial charge in [-0.1, -0.05) is 34.8 Å². The first-order valence-electron chi connectivity index (χ1n) is 8.21. The van der Waals surface area contributed by atoms with Crippen LogP contribution in [0.2, 0.25) is 15.1 Å². The second kappa shape index (κ2) is 9.47. The maximum absolute atomic E-state index is 12.5. The number of carbonyl (C=O) groups is 1. The molecule has 1 heterocycles. The van der Waals surface area contributed by atoms with Crippen LogP contribution in [0.15, 0.2) is 29.2 Å². The zero-order valence-electron chi connectivity index (χ0n) is 14.8. The molecule has 0 aliphatic rings. The SMILES string of the molecule is Cn1c(CCNS(=O)(=O)c2cc(Cl)c(Cl)cc2Cl)ccc1C(O)CCC(=O)O. The number of rotatable bonds is 9. The van der Waals surface area contributed by atoms with E-state index < -0.39 is 22.1 Å². The van der Waals surface area contributed by atoms with Gasteiger partial charge in [0.25, 0.3) is 0 Å². The number of sulfonamides is 1. The van der Waals surface area contributed by atoms with Crippen molar-refractivity contribution in [2.75, 3.05) is 6.54 Å². The molecule has 0 amide bonds. The summed E-state index contributed by atoms with van der Waals surface area (Å²) < 4.78 is 29.1. The largest absolute Gasteiger partial charge is 0.481 e. The molecule has 1 aromatic heterocycles. The molecule has 28 heavy (non-hydrogen) atoms. The predicted octanol–water partition coefficient (Wildman–Crippen LogP) is 3.40. The molecule has 3 N–H and O–H groups in total. The Morgan fingerprint density at radius 3 is 2.46 bits per heavy atom. The minimum absolute atomic E-state index is 0.0374. The zero-order chi connectivity index (χ0) is 21.1. The number of aliphatic hydroxyl groups is 1. The topological polar surface area (TPSA) is 109 Å². The summed E-state index contributed by atoms with van der Waals surface area (Å²) in [6.45, 7) is 0.0847. The number of aliphatic hydroxyl groups excluding tert-OH is 1. The van der Waals surface area contributed by atoms with Gasteiger partial charge in [-0.2, -0.15) is 0 Å². The van der Waals surface area contributed by atoms with Crippen LogP contribution in [0, 0.1) is 0 Å². The molecule has 1 aromatic carbocycles. The van der Waals surface area contributed by atoms with Crippen LogP contribution in [-0.2, 0) is 28.3 Å². The van der Waals surface area contributed by atoms with Crippen LogP contribution in [0.1, 0.15) is 30.3 Å². The number of nitrogens with one attached hydrogen (secondary N) is 1. The minimum Gasteiger partial charge on any atom is -0.481 e. The summed E-state index contributed by atoms with van der Waals surface area (Å²) in [6.07, 6.45) is -0.622. The van der Waals surface area contributed by atoms with Crippen LogP contribution in [0.4, 0.5) is 0 Å². The van der Waals surface area contributed by atoms with Gasteiger partial charge in [-0.3, -0.25) is 4.79 Å². The second-order valence-corrected chi connectivity index (χ2v) is 9.06. The molecular formula is C17H19Cl3N2O5S. The molecule has 7 nitrogen and oxygen atoms in total. The molecule has 0 bridgehead atoms. The van der Waals surface area contributed by atoms with E-state index in [-0.39, 0.29) is 39.3 Å². The molecule has 154 valence electrons. The maximum Gasteiger partial charge on any atom is 0.303 e. The number of benzene rings is 1. The van der Waals surface area contributed by atoms with Crippen molar-refractivity contribution >= 4 is 50.8 Å². The Morgan fingerprint density at radius 1 is 1.18 bits per heavy atom. The molecule has 0 fully saturated rings.